The Morgan fingerprint density at radius 3 is 2.52 bits per heavy atom. The Bertz CT molecular complexity index is 647. The summed E-state index contributed by atoms with van der Waals surface area (Å²) >= 11 is 5.85. The normalized spacial score (nSPS) is 11.2. The molecular formula is C15H13ClF2N2O. The van der Waals surface area contributed by atoms with Gasteiger partial charge in [0.2, 0.25) is 0 Å². The summed E-state index contributed by atoms with van der Waals surface area (Å²) in [6, 6.07) is 11.6. The van der Waals surface area contributed by atoms with Crippen molar-refractivity contribution in [2.24, 2.45) is 0 Å². The number of amides is 1. The van der Waals surface area contributed by atoms with E-state index in [1.807, 2.05) is 0 Å². The van der Waals surface area contributed by atoms with E-state index in [4.69, 9.17) is 17.3 Å². The number of nitrogen functional groups attached to an aromatic ring is 1. The quantitative estimate of drug-likeness (QED) is 0.850. The smallest absolute Gasteiger partial charge is 0.290 e. The van der Waals surface area contributed by atoms with E-state index in [-0.39, 0.29) is 16.1 Å². The van der Waals surface area contributed by atoms with Gasteiger partial charge in [-0.15, -0.1) is 0 Å². The standard InChI is InChI=1S/C15H13ClF2N2O/c16-13-7-6-11(19)8-12(13)14(21)20-9-15(17,18)10-4-2-1-3-5-10/h1-8H,9,19H2,(H,20,21). The van der Waals surface area contributed by atoms with Crippen LogP contribution in [0.2, 0.25) is 5.02 Å². The van der Waals surface area contributed by atoms with E-state index in [9.17, 15) is 13.6 Å². The predicted octanol–water partition coefficient (Wildman–Crippen LogP) is 3.44. The van der Waals surface area contributed by atoms with Crippen LogP contribution in [0.1, 0.15) is 15.9 Å². The van der Waals surface area contributed by atoms with E-state index in [1.165, 1.54) is 42.5 Å². The molecule has 110 valence electrons. The summed E-state index contributed by atoms with van der Waals surface area (Å²) < 4.78 is 27.9. The average Bonchev–Trinajstić information content (AvgIpc) is 2.48. The van der Waals surface area contributed by atoms with Crippen molar-refractivity contribution in [3.8, 4) is 0 Å². The molecule has 3 nitrogen and oxygen atoms in total. The summed E-state index contributed by atoms with van der Waals surface area (Å²) in [4.78, 5) is 11.9. The van der Waals surface area contributed by atoms with Crippen molar-refractivity contribution in [3.63, 3.8) is 0 Å². The van der Waals surface area contributed by atoms with Gasteiger partial charge < -0.3 is 11.1 Å². The first-order chi connectivity index (χ1) is 9.90. The first-order valence-electron chi connectivity index (χ1n) is 6.17. The van der Waals surface area contributed by atoms with Gasteiger partial charge in [-0.3, -0.25) is 4.79 Å². The number of carbonyl (C=O) groups is 1. The maximum absolute atomic E-state index is 13.9. The van der Waals surface area contributed by atoms with Gasteiger partial charge in [-0.1, -0.05) is 41.9 Å². The molecule has 21 heavy (non-hydrogen) atoms. The number of carbonyl (C=O) groups excluding carboxylic acids is 1. The number of alkyl halides is 2. The lowest BCUT2D eigenvalue weighted by Gasteiger charge is -2.17. The molecule has 0 saturated carbocycles. The van der Waals surface area contributed by atoms with Crippen molar-refractivity contribution in [2.75, 3.05) is 12.3 Å². The molecule has 0 fully saturated rings. The zero-order chi connectivity index (χ0) is 15.5. The molecule has 0 radical (unpaired) electrons. The highest BCUT2D eigenvalue weighted by Crippen LogP contribution is 2.27. The van der Waals surface area contributed by atoms with Crippen LogP contribution in [-0.2, 0) is 5.92 Å². The van der Waals surface area contributed by atoms with Gasteiger partial charge in [-0.25, -0.2) is 0 Å². The molecule has 2 rings (SSSR count). The zero-order valence-electron chi connectivity index (χ0n) is 10.9. The second-order valence-corrected chi connectivity index (χ2v) is 4.90. The van der Waals surface area contributed by atoms with Gasteiger partial charge in [0.15, 0.2) is 0 Å². The van der Waals surface area contributed by atoms with Crippen molar-refractivity contribution < 1.29 is 13.6 Å². The minimum Gasteiger partial charge on any atom is -0.399 e. The molecule has 2 aromatic rings. The molecule has 0 atom stereocenters. The van der Waals surface area contributed by atoms with Crippen molar-refractivity contribution in [3.05, 3.63) is 64.7 Å². The monoisotopic (exact) mass is 310 g/mol. The Morgan fingerprint density at radius 2 is 1.86 bits per heavy atom. The third kappa shape index (κ3) is 3.70. The molecule has 0 spiro atoms. The third-order valence-electron chi connectivity index (χ3n) is 2.90. The fraction of sp³-hybridized carbons (Fsp3) is 0.133. The van der Waals surface area contributed by atoms with Gasteiger partial charge in [0.05, 0.1) is 17.1 Å². The summed E-state index contributed by atoms with van der Waals surface area (Å²) in [7, 11) is 0. The molecule has 0 heterocycles. The fourth-order valence-electron chi connectivity index (χ4n) is 1.79. The summed E-state index contributed by atoms with van der Waals surface area (Å²) in [5.41, 5.74) is 5.79. The molecule has 0 aliphatic carbocycles. The number of nitrogens with two attached hydrogens (primary N) is 1. The predicted molar refractivity (Wildman–Crippen MR) is 78.5 cm³/mol. The van der Waals surface area contributed by atoms with Gasteiger partial charge in [-0.2, -0.15) is 8.78 Å². The minimum atomic E-state index is -3.16. The van der Waals surface area contributed by atoms with Crippen molar-refractivity contribution in [2.45, 2.75) is 5.92 Å². The molecular weight excluding hydrogens is 298 g/mol. The lowest BCUT2D eigenvalue weighted by atomic mass is 10.1. The SMILES string of the molecule is Nc1ccc(Cl)c(C(=O)NCC(F)(F)c2ccccc2)c1. The van der Waals surface area contributed by atoms with Crippen LogP contribution in [0, 0.1) is 0 Å². The molecule has 2 aromatic carbocycles. The number of benzene rings is 2. The second kappa shape index (κ2) is 6.10. The Balaban J connectivity index is 2.09. The Labute approximate surface area is 125 Å². The van der Waals surface area contributed by atoms with E-state index in [0.717, 1.165) is 0 Å². The highest BCUT2D eigenvalue weighted by atomic mass is 35.5. The molecule has 0 aromatic heterocycles. The van der Waals surface area contributed by atoms with Gasteiger partial charge in [0.25, 0.3) is 11.8 Å². The highest BCUT2D eigenvalue weighted by molar-refractivity contribution is 6.34. The van der Waals surface area contributed by atoms with Crippen molar-refractivity contribution >= 4 is 23.2 Å². The molecule has 0 bridgehead atoms. The van der Waals surface area contributed by atoms with Gasteiger partial charge in [-0.05, 0) is 18.2 Å². The van der Waals surface area contributed by atoms with E-state index in [1.54, 1.807) is 6.07 Å². The van der Waals surface area contributed by atoms with E-state index >= 15 is 0 Å². The van der Waals surface area contributed by atoms with Crippen LogP contribution in [0.25, 0.3) is 0 Å². The molecule has 0 saturated heterocycles. The van der Waals surface area contributed by atoms with Crippen LogP contribution in [0.3, 0.4) is 0 Å². The van der Waals surface area contributed by atoms with E-state index in [2.05, 4.69) is 5.32 Å². The van der Waals surface area contributed by atoms with Gasteiger partial charge in [0.1, 0.15) is 0 Å². The molecule has 0 aliphatic rings. The van der Waals surface area contributed by atoms with Crippen LogP contribution in [0.4, 0.5) is 14.5 Å². The first-order valence-corrected chi connectivity index (χ1v) is 6.54. The second-order valence-electron chi connectivity index (χ2n) is 4.49. The van der Waals surface area contributed by atoms with E-state index < -0.39 is 18.4 Å². The Hall–Kier alpha value is -2.14. The third-order valence-corrected chi connectivity index (χ3v) is 3.23. The number of nitrogens with one attached hydrogen (secondary N) is 1. The van der Waals surface area contributed by atoms with E-state index in [0.29, 0.717) is 5.69 Å². The topological polar surface area (TPSA) is 55.1 Å². The molecule has 6 heteroatoms. The van der Waals surface area contributed by atoms with Gasteiger partial charge in [0, 0.05) is 11.3 Å². The number of hydrogen-bond donors (Lipinski definition) is 2. The summed E-state index contributed by atoms with van der Waals surface area (Å²) in [5, 5.41) is 2.33. The summed E-state index contributed by atoms with van der Waals surface area (Å²) in [6.45, 7) is -0.818. The Kier molecular flexibility index (Phi) is 4.43. The molecule has 1 amide bonds. The molecule has 0 unspecified atom stereocenters. The first kappa shape index (κ1) is 15.3. The maximum atomic E-state index is 13.9. The number of anilines is 1. The van der Waals surface area contributed by atoms with Crippen LogP contribution in [0.15, 0.2) is 48.5 Å². The Morgan fingerprint density at radius 1 is 1.19 bits per heavy atom. The van der Waals surface area contributed by atoms with Crippen LogP contribution in [0.5, 0.6) is 0 Å². The minimum absolute atomic E-state index is 0.0699. The molecule has 3 N–H and O–H groups in total. The van der Waals surface area contributed by atoms with Gasteiger partial charge >= 0.3 is 0 Å². The van der Waals surface area contributed by atoms with Crippen LogP contribution >= 0.6 is 11.6 Å². The maximum Gasteiger partial charge on any atom is 0.290 e. The molecule has 0 aliphatic heterocycles. The van der Waals surface area contributed by atoms with Crippen molar-refractivity contribution in [1.82, 2.24) is 5.32 Å². The number of rotatable bonds is 4. The largest absolute Gasteiger partial charge is 0.399 e. The lowest BCUT2D eigenvalue weighted by Crippen LogP contribution is -2.35. The van der Waals surface area contributed by atoms with Crippen LogP contribution < -0.4 is 11.1 Å². The average molecular weight is 311 g/mol. The summed E-state index contributed by atoms with van der Waals surface area (Å²) in [5.74, 6) is -3.85. The number of hydrogen-bond acceptors (Lipinski definition) is 2. The number of halogens is 3. The highest BCUT2D eigenvalue weighted by Gasteiger charge is 2.32. The van der Waals surface area contributed by atoms with Crippen molar-refractivity contribution in [1.29, 1.82) is 0 Å². The zero-order valence-corrected chi connectivity index (χ0v) is 11.7. The fourth-order valence-corrected chi connectivity index (χ4v) is 1.99. The lowest BCUT2D eigenvalue weighted by molar-refractivity contribution is -0.00247. The summed E-state index contributed by atoms with van der Waals surface area (Å²) in [6.07, 6.45) is 0. The van der Waals surface area contributed by atoms with Crippen LogP contribution in [-0.4, -0.2) is 12.5 Å².